The quantitative estimate of drug-likeness (QED) is 0.759. The molecule has 0 aliphatic carbocycles. The summed E-state index contributed by atoms with van der Waals surface area (Å²) in [7, 11) is 0. The Labute approximate surface area is 138 Å². The highest BCUT2D eigenvalue weighted by Crippen LogP contribution is 2.15. The van der Waals surface area contributed by atoms with Gasteiger partial charge in [-0.15, -0.1) is 0 Å². The molecule has 116 valence electrons. The van der Waals surface area contributed by atoms with Crippen molar-refractivity contribution in [2.75, 3.05) is 17.6 Å². The van der Waals surface area contributed by atoms with E-state index in [0.29, 0.717) is 34.3 Å². The van der Waals surface area contributed by atoms with Gasteiger partial charge in [0.15, 0.2) is 0 Å². The number of hydrogen-bond donors (Lipinski definition) is 2. The van der Waals surface area contributed by atoms with Gasteiger partial charge in [-0.25, -0.2) is 9.18 Å². The fourth-order valence-corrected chi connectivity index (χ4v) is 2.81. The van der Waals surface area contributed by atoms with Crippen molar-refractivity contribution in [1.82, 2.24) is 5.32 Å². The molecule has 0 heterocycles. The average Bonchev–Trinajstić information content (AvgIpc) is 2.48. The Bertz CT molecular complexity index is 639. The number of urea groups is 1. The first kappa shape index (κ1) is 16.6. The second-order valence-corrected chi connectivity index (χ2v) is 6.08. The molecule has 2 aromatic carbocycles. The van der Waals surface area contributed by atoms with Crippen LogP contribution in [0.5, 0.6) is 0 Å². The number of hydrogen-bond acceptors (Lipinski definition) is 2. The van der Waals surface area contributed by atoms with Gasteiger partial charge in [-0.1, -0.05) is 35.9 Å². The maximum absolute atomic E-state index is 13.4. The molecule has 0 fully saturated rings. The van der Waals surface area contributed by atoms with Gasteiger partial charge < -0.3 is 10.6 Å². The zero-order valence-corrected chi connectivity index (χ0v) is 13.4. The highest BCUT2D eigenvalue weighted by atomic mass is 35.5. The molecular weight excluding hydrogens is 323 g/mol. The van der Waals surface area contributed by atoms with Crippen molar-refractivity contribution in [3.8, 4) is 0 Å². The first-order valence-corrected chi connectivity index (χ1v) is 8.30. The number of nitrogens with one attached hydrogen (secondary N) is 2. The second-order valence-electron chi connectivity index (χ2n) is 4.54. The number of carbonyl (C=O) groups is 1. The van der Waals surface area contributed by atoms with Crippen LogP contribution in [0, 0.1) is 5.82 Å². The summed E-state index contributed by atoms with van der Waals surface area (Å²) in [5, 5.41) is 6.01. The highest BCUT2D eigenvalue weighted by molar-refractivity contribution is 7.98. The molecule has 2 amide bonds. The molecular formula is C16H16ClFN2OS. The minimum absolute atomic E-state index is 0.193. The second kappa shape index (κ2) is 8.66. The molecule has 2 N–H and O–H groups in total. The molecule has 0 aliphatic rings. The van der Waals surface area contributed by atoms with E-state index >= 15 is 0 Å². The van der Waals surface area contributed by atoms with Crippen molar-refractivity contribution >= 4 is 35.1 Å². The van der Waals surface area contributed by atoms with Crippen molar-refractivity contribution in [2.45, 2.75) is 5.75 Å². The Balaban J connectivity index is 1.64. The van der Waals surface area contributed by atoms with Gasteiger partial charge in [0.2, 0.25) is 0 Å². The van der Waals surface area contributed by atoms with Crippen LogP contribution in [-0.2, 0) is 5.75 Å². The summed E-state index contributed by atoms with van der Waals surface area (Å²) in [6.07, 6.45) is 0. The summed E-state index contributed by atoms with van der Waals surface area (Å²) in [4.78, 5) is 11.7. The van der Waals surface area contributed by atoms with Gasteiger partial charge in [0.25, 0.3) is 0 Å². The number of amides is 2. The van der Waals surface area contributed by atoms with Crippen molar-refractivity contribution in [1.29, 1.82) is 0 Å². The molecule has 6 heteroatoms. The Morgan fingerprint density at radius 1 is 1.18 bits per heavy atom. The number of halogens is 2. The van der Waals surface area contributed by atoms with E-state index in [1.165, 1.54) is 6.07 Å². The number of rotatable bonds is 6. The third-order valence-corrected chi connectivity index (χ3v) is 4.07. The van der Waals surface area contributed by atoms with Crippen LogP contribution in [0.1, 0.15) is 5.56 Å². The predicted octanol–water partition coefficient (Wildman–Crippen LogP) is 4.53. The number of carbonyl (C=O) groups excluding carboxylic acids is 1. The van der Waals surface area contributed by atoms with Crippen LogP contribution in [0.25, 0.3) is 0 Å². The van der Waals surface area contributed by atoms with Crippen LogP contribution in [0.4, 0.5) is 14.9 Å². The first-order valence-electron chi connectivity index (χ1n) is 6.77. The van der Waals surface area contributed by atoms with Crippen LogP contribution in [0.15, 0.2) is 48.5 Å². The lowest BCUT2D eigenvalue weighted by molar-refractivity contribution is 0.252. The molecule has 0 aromatic heterocycles. The van der Waals surface area contributed by atoms with Crippen molar-refractivity contribution in [2.24, 2.45) is 0 Å². The minimum Gasteiger partial charge on any atom is -0.337 e. The Morgan fingerprint density at radius 2 is 2.00 bits per heavy atom. The summed E-state index contributed by atoms with van der Waals surface area (Å²) in [6, 6.07) is 13.4. The topological polar surface area (TPSA) is 41.1 Å². The van der Waals surface area contributed by atoms with Gasteiger partial charge in [-0.05, 0) is 29.8 Å². The van der Waals surface area contributed by atoms with E-state index in [1.807, 2.05) is 6.07 Å². The molecule has 0 aliphatic heterocycles. The van der Waals surface area contributed by atoms with E-state index in [4.69, 9.17) is 11.6 Å². The fraction of sp³-hybridized carbons (Fsp3) is 0.188. The van der Waals surface area contributed by atoms with E-state index in [2.05, 4.69) is 10.6 Å². The van der Waals surface area contributed by atoms with Crippen LogP contribution in [0.3, 0.4) is 0 Å². The monoisotopic (exact) mass is 338 g/mol. The number of benzene rings is 2. The largest absolute Gasteiger partial charge is 0.337 e. The van der Waals surface area contributed by atoms with Gasteiger partial charge >= 0.3 is 6.03 Å². The van der Waals surface area contributed by atoms with E-state index in [9.17, 15) is 9.18 Å². The van der Waals surface area contributed by atoms with E-state index in [1.54, 1.807) is 48.2 Å². The van der Waals surface area contributed by atoms with Gasteiger partial charge in [0.05, 0.1) is 0 Å². The van der Waals surface area contributed by atoms with Gasteiger partial charge in [-0.2, -0.15) is 11.8 Å². The number of anilines is 1. The molecule has 2 rings (SSSR count). The molecule has 0 saturated carbocycles. The molecule has 22 heavy (non-hydrogen) atoms. The molecule has 0 spiro atoms. The Hall–Kier alpha value is -1.72. The molecule has 0 radical (unpaired) electrons. The van der Waals surface area contributed by atoms with Crippen LogP contribution in [0.2, 0.25) is 5.02 Å². The zero-order valence-electron chi connectivity index (χ0n) is 11.8. The summed E-state index contributed by atoms with van der Waals surface area (Å²) in [5.74, 6) is 1.10. The minimum atomic E-state index is -0.284. The summed E-state index contributed by atoms with van der Waals surface area (Å²) in [5.41, 5.74) is 1.32. The van der Waals surface area contributed by atoms with E-state index < -0.39 is 0 Å². The standard InChI is InChI=1S/C16H16ClFN2OS/c17-13-5-3-6-14(10-13)20-16(21)19-8-9-22-11-12-4-1-2-7-15(12)18/h1-7,10H,8-9,11H2,(H2,19,20,21). The van der Waals surface area contributed by atoms with Gasteiger partial charge in [-0.3, -0.25) is 0 Å². The van der Waals surface area contributed by atoms with Crippen molar-refractivity contribution in [3.63, 3.8) is 0 Å². The van der Waals surface area contributed by atoms with Crippen LogP contribution < -0.4 is 10.6 Å². The molecule has 0 saturated heterocycles. The molecule has 3 nitrogen and oxygen atoms in total. The Morgan fingerprint density at radius 3 is 2.77 bits per heavy atom. The van der Waals surface area contributed by atoms with E-state index in [0.717, 1.165) is 0 Å². The molecule has 2 aromatic rings. The summed E-state index contributed by atoms with van der Waals surface area (Å²) in [6.45, 7) is 0.505. The van der Waals surface area contributed by atoms with Gasteiger partial charge in [0.1, 0.15) is 5.82 Å². The molecule has 0 atom stereocenters. The van der Waals surface area contributed by atoms with Crippen LogP contribution >= 0.6 is 23.4 Å². The van der Waals surface area contributed by atoms with Crippen molar-refractivity contribution in [3.05, 3.63) is 64.9 Å². The normalized spacial score (nSPS) is 10.3. The number of thioether (sulfide) groups is 1. The maximum Gasteiger partial charge on any atom is 0.319 e. The van der Waals surface area contributed by atoms with Crippen molar-refractivity contribution < 1.29 is 9.18 Å². The molecule has 0 unspecified atom stereocenters. The zero-order chi connectivity index (χ0) is 15.8. The smallest absolute Gasteiger partial charge is 0.319 e. The predicted molar refractivity (Wildman–Crippen MR) is 91.0 cm³/mol. The third-order valence-electron chi connectivity index (χ3n) is 2.83. The lowest BCUT2D eigenvalue weighted by atomic mass is 10.2. The van der Waals surface area contributed by atoms with Crippen LogP contribution in [-0.4, -0.2) is 18.3 Å². The van der Waals surface area contributed by atoms with Gasteiger partial charge in [0, 0.05) is 28.8 Å². The lowest BCUT2D eigenvalue weighted by Crippen LogP contribution is -2.30. The first-order chi connectivity index (χ1) is 10.6. The highest BCUT2D eigenvalue weighted by Gasteiger charge is 2.03. The molecule has 0 bridgehead atoms. The van der Waals surface area contributed by atoms with E-state index in [-0.39, 0.29) is 11.8 Å². The fourth-order valence-electron chi connectivity index (χ4n) is 1.78. The average molecular weight is 339 g/mol. The maximum atomic E-state index is 13.4. The Kier molecular flexibility index (Phi) is 6.55. The SMILES string of the molecule is O=C(NCCSCc1ccccc1F)Nc1cccc(Cl)c1. The summed E-state index contributed by atoms with van der Waals surface area (Å²) >= 11 is 7.41. The summed E-state index contributed by atoms with van der Waals surface area (Å²) < 4.78 is 13.4. The lowest BCUT2D eigenvalue weighted by Gasteiger charge is -2.08. The third kappa shape index (κ3) is 5.58.